The Morgan fingerprint density at radius 3 is 2.91 bits per heavy atom. The molecule has 0 amide bonds. The zero-order chi connectivity index (χ0) is 15.6. The SMILES string of the molecule is CCOC(=O)CC1(CC2COc3cc(F)ccc32)OCCO1. The van der Waals surface area contributed by atoms with E-state index in [-0.39, 0.29) is 24.1 Å². The van der Waals surface area contributed by atoms with E-state index in [0.29, 0.717) is 38.6 Å². The Kier molecular flexibility index (Phi) is 4.31. The van der Waals surface area contributed by atoms with Crippen LogP contribution in [0.1, 0.15) is 31.2 Å². The molecule has 22 heavy (non-hydrogen) atoms. The lowest BCUT2D eigenvalue weighted by atomic mass is 9.91. The van der Waals surface area contributed by atoms with Crippen LogP contribution >= 0.6 is 0 Å². The molecule has 0 bridgehead atoms. The summed E-state index contributed by atoms with van der Waals surface area (Å²) in [5, 5.41) is 0. The minimum absolute atomic E-state index is 0.00289. The number of fused-ring (bicyclic) bond motifs is 1. The Bertz CT molecular complexity index is 553. The van der Waals surface area contributed by atoms with Gasteiger partial charge in [-0.15, -0.1) is 0 Å². The fourth-order valence-electron chi connectivity index (χ4n) is 3.02. The summed E-state index contributed by atoms with van der Waals surface area (Å²) in [5.74, 6) is -1.09. The molecule has 0 aliphatic carbocycles. The number of halogens is 1. The van der Waals surface area contributed by atoms with Crippen LogP contribution in [0.4, 0.5) is 4.39 Å². The molecule has 1 aromatic rings. The second-order valence-corrected chi connectivity index (χ2v) is 5.48. The average molecular weight is 310 g/mol. The predicted octanol–water partition coefficient (Wildman–Crippen LogP) is 2.39. The molecule has 2 aliphatic heterocycles. The third kappa shape index (κ3) is 3.08. The number of ether oxygens (including phenoxy) is 4. The van der Waals surface area contributed by atoms with Crippen LogP contribution in [0, 0.1) is 5.82 Å². The van der Waals surface area contributed by atoms with Crippen molar-refractivity contribution in [2.45, 2.75) is 31.5 Å². The molecule has 2 heterocycles. The minimum atomic E-state index is -0.976. The lowest BCUT2D eigenvalue weighted by Gasteiger charge is -2.28. The van der Waals surface area contributed by atoms with E-state index in [9.17, 15) is 9.18 Å². The monoisotopic (exact) mass is 310 g/mol. The molecule has 0 saturated carbocycles. The Labute approximate surface area is 128 Å². The van der Waals surface area contributed by atoms with Gasteiger partial charge in [0.1, 0.15) is 11.6 Å². The summed E-state index contributed by atoms with van der Waals surface area (Å²) in [6, 6.07) is 4.51. The van der Waals surface area contributed by atoms with Gasteiger partial charge in [-0.05, 0) is 13.0 Å². The van der Waals surface area contributed by atoms with Crippen LogP contribution in [0.25, 0.3) is 0 Å². The molecule has 0 aromatic heterocycles. The molecule has 0 spiro atoms. The van der Waals surface area contributed by atoms with Gasteiger partial charge >= 0.3 is 5.97 Å². The number of carbonyl (C=O) groups is 1. The summed E-state index contributed by atoms with van der Waals surface area (Å²) in [6.45, 7) is 3.41. The van der Waals surface area contributed by atoms with Crippen LogP contribution in [-0.4, -0.2) is 38.2 Å². The van der Waals surface area contributed by atoms with Crippen molar-refractivity contribution >= 4 is 5.97 Å². The van der Waals surface area contributed by atoms with E-state index in [1.807, 2.05) is 0 Å². The van der Waals surface area contributed by atoms with Gasteiger partial charge in [0.05, 0.1) is 32.8 Å². The van der Waals surface area contributed by atoms with Gasteiger partial charge in [-0.25, -0.2) is 4.39 Å². The van der Waals surface area contributed by atoms with Crippen molar-refractivity contribution in [1.29, 1.82) is 0 Å². The molecule has 6 heteroatoms. The van der Waals surface area contributed by atoms with Gasteiger partial charge in [0.25, 0.3) is 0 Å². The highest BCUT2D eigenvalue weighted by molar-refractivity contribution is 5.70. The fraction of sp³-hybridized carbons (Fsp3) is 0.562. The second kappa shape index (κ2) is 6.22. The molecule has 1 fully saturated rings. The minimum Gasteiger partial charge on any atom is -0.493 e. The molecule has 0 N–H and O–H groups in total. The van der Waals surface area contributed by atoms with Crippen molar-refractivity contribution in [2.75, 3.05) is 26.4 Å². The fourth-order valence-corrected chi connectivity index (χ4v) is 3.02. The summed E-state index contributed by atoms with van der Waals surface area (Å²) >= 11 is 0. The summed E-state index contributed by atoms with van der Waals surface area (Å²) in [6.07, 6.45) is 0.526. The van der Waals surface area contributed by atoms with E-state index in [2.05, 4.69) is 0 Å². The maximum absolute atomic E-state index is 13.2. The van der Waals surface area contributed by atoms with Crippen molar-refractivity contribution in [2.24, 2.45) is 0 Å². The zero-order valence-corrected chi connectivity index (χ0v) is 12.5. The first-order chi connectivity index (χ1) is 10.6. The Morgan fingerprint density at radius 1 is 1.41 bits per heavy atom. The van der Waals surface area contributed by atoms with Gasteiger partial charge in [0, 0.05) is 24.0 Å². The van der Waals surface area contributed by atoms with Crippen LogP contribution in [0.15, 0.2) is 18.2 Å². The number of benzene rings is 1. The molecule has 1 aromatic carbocycles. The Balaban J connectivity index is 1.74. The van der Waals surface area contributed by atoms with Crippen LogP contribution < -0.4 is 4.74 Å². The van der Waals surface area contributed by atoms with Crippen LogP contribution in [0.2, 0.25) is 0 Å². The lowest BCUT2D eigenvalue weighted by molar-refractivity contribution is -0.187. The van der Waals surface area contributed by atoms with Crippen LogP contribution in [-0.2, 0) is 19.0 Å². The first-order valence-electron chi connectivity index (χ1n) is 7.48. The second-order valence-electron chi connectivity index (χ2n) is 5.48. The quantitative estimate of drug-likeness (QED) is 0.782. The standard InChI is InChI=1S/C16H19FO5/c1-2-19-15(18)9-16(21-5-6-22-16)8-11-10-20-14-7-12(17)3-4-13(11)14/h3-4,7,11H,2,5-6,8-10H2,1H3. The molecule has 1 atom stereocenters. The lowest BCUT2D eigenvalue weighted by Crippen LogP contribution is -2.36. The normalized spacial score (nSPS) is 22.2. The molecule has 1 saturated heterocycles. The van der Waals surface area contributed by atoms with E-state index >= 15 is 0 Å². The summed E-state index contributed by atoms with van der Waals surface area (Å²) in [4.78, 5) is 11.8. The highest BCUT2D eigenvalue weighted by atomic mass is 19.1. The largest absolute Gasteiger partial charge is 0.493 e. The maximum Gasteiger partial charge on any atom is 0.311 e. The van der Waals surface area contributed by atoms with Crippen molar-refractivity contribution in [3.05, 3.63) is 29.6 Å². The van der Waals surface area contributed by atoms with E-state index < -0.39 is 5.79 Å². The van der Waals surface area contributed by atoms with E-state index in [1.165, 1.54) is 12.1 Å². The molecule has 2 aliphatic rings. The molecule has 0 radical (unpaired) electrons. The number of hydrogen-bond acceptors (Lipinski definition) is 5. The molecule has 1 unspecified atom stereocenters. The molecule has 3 rings (SSSR count). The maximum atomic E-state index is 13.2. The molecule has 120 valence electrons. The topological polar surface area (TPSA) is 54.0 Å². The van der Waals surface area contributed by atoms with Crippen molar-refractivity contribution in [3.63, 3.8) is 0 Å². The average Bonchev–Trinajstić information content (AvgIpc) is 3.07. The van der Waals surface area contributed by atoms with Crippen molar-refractivity contribution in [3.8, 4) is 5.75 Å². The third-order valence-corrected chi connectivity index (χ3v) is 3.95. The van der Waals surface area contributed by atoms with E-state index in [1.54, 1.807) is 13.0 Å². The smallest absolute Gasteiger partial charge is 0.311 e. The van der Waals surface area contributed by atoms with Crippen molar-refractivity contribution in [1.82, 2.24) is 0 Å². The highest BCUT2D eigenvalue weighted by Crippen LogP contribution is 2.42. The summed E-state index contributed by atoms with van der Waals surface area (Å²) < 4.78 is 35.2. The highest BCUT2D eigenvalue weighted by Gasteiger charge is 2.43. The summed E-state index contributed by atoms with van der Waals surface area (Å²) in [5.41, 5.74) is 0.920. The van der Waals surface area contributed by atoms with Crippen LogP contribution in [0.3, 0.4) is 0 Å². The number of rotatable bonds is 5. The Morgan fingerprint density at radius 2 is 2.18 bits per heavy atom. The van der Waals surface area contributed by atoms with E-state index in [4.69, 9.17) is 18.9 Å². The number of carbonyl (C=O) groups excluding carboxylic acids is 1. The van der Waals surface area contributed by atoms with E-state index in [0.717, 1.165) is 5.56 Å². The zero-order valence-electron chi connectivity index (χ0n) is 12.5. The Hall–Kier alpha value is -1.66. The number of hydrogen-bond donors (Lipinski definition) is 0. The van der Waals surface area contributed by atoms with Gasteiger partial charge in [-0.1, -0.05) is 6.07 Å². The first-order valence-corrected chi connectivity index (χ1v) is 7.48. The van der Waals surface area contributed by atoms with Gasteiger partial charge in [-0.3, -0.25) is 4.79 Å². The number of esters is 1. The molecule has 5 nitrogen and oxygen atoms in total. The van der Waals surface area contributed by atoms with Gasteiger partial charge in [0.15, 0.2) is 5.79 Å². The van der Waals surface area contributed by atoms with Gasteiger partial charge in [-0.2, -0.15) is 0 Å². The molecular weight excluding hydrogens is 291 g/mol. The first kappa shape index (κ1) is 15.2. The summed E-state index contributed by atoms with van der Waals surface area (Å²) in [7, 11) is 0. The van der Waals surface area contributed by atoms with Crippen LogP contribution in [0.5, 0.6) is 5.75 Å². The van der Waals surface area contributed by atoms with Gasteiger partial charge in [0.2, 0.25) is 0 Å². The predicted molar refractivity (Wildman–Crippen MR) is 75.1 cm³/mol. The molecular formula is C16H19FO5. The third-order valence-electron chi connectivity index (χ3n) is 3.95. The van der Waals surface area contributed by atoms with Crippen molar-refractivity contribution < 1.29 is 28.1 Å². The van der Waals surface area contributed by atoms with Gasteiger partial charge < -0.3 is 18.9 Å².